The fraction of sp³-hybridized carbons (Fsp3) is 0.480. The Bertz CT molecular complexity index is 939. The third kappa shape index (κ3) is 5.33. The average molecular weight is 453 g/mol. The Morgan fingerprint density at radius 3 is 2.66 bits per heavy atom. The first-order valence-corrected chi connectivity index (χ1v) is 12.5. The van der Waals surface area contributed by atoms with Crippen LogP contribution < -0.4 is 10.2 Å². The van der Waals surface area contributed by atoms with Gasteiger partial charge in [-0.15, -0.1) is 0 Å². The summed E-state index contributed by atoms with van der Waals surface area (Å²) in [6.07, 6.45) is 6.57. The van der Waals surface area contributed by atoms with Crippen LogP contribution in [0.5, 0.6) is 0 Å². The summed E-state index contributed by atoms with van der Waals surface area (Å²) in [6.45, 7) is 6.80. The molecule has 170 valence electrons. The molecule has 7 heteroatoms. The second kappa shape index (κ2) is 10.5. The predicted molar refractivity (Wildman–Crippen MR) is 129 cm³/mol. The molecular formula is C25H32N4O2S. The number of likely N-dealkylation sites (tertiary alicyclic amines) is 1. The largest absolute Gasteiger partial charge is 0.352 e. The SMILES string of the molecule is C[C@@H]1CCC[C@@H](C)N1CCCNC(=O)c1ccc(CN2C(=O)CSc3ncccc32)cc1. The van der Waals surface area contributed by atoms with Crippen molar-refractivity contribution in [3.63, 3.8) is 0 Å². The molecule has 6 nitrogen and oxygen atoms in total. The van der Waals surface area contributed by atoms with E-state index in [0.717, 1.165) is 29.2 Å². The molecule has 1 N–H and O–H groups in total. The fourth-order valence-electron chi connectivity index (χ4n) is 4.64. The summed E-state index contributed by atoms with van der Waals surface area (Å²) in [5, 5.41) is 3.93. The highest BCUT2D eigenvalue weighted by Gasteiger charge is 2.26. The summed E-state index contributed by atoms with van der Waals surface area (Å²) in [6, 6.07) is 12.6. The van der Waals surface area contributed by atoms with Crippen molar-refractivity contribution in [1.82, 2.24) is 15.2 Å². The van der Waals surface area contributed by atoms with Crippen LogP contribution in [0.3, 0.4) is 0 Å². The van der Waals surface area contributed by atoms with Crippen molar-refractivity contribution < 1.29 is 9.59 Å². The highest BCUT2D eigenvalue weighted by atomic mass is 32.2. The van der Waals surface area contributed by atoms with Gasteiger partial charge in [0.2, 0.25) is 5.91 Å². The van der Waals surface area contributed by atoms with Gasteiger partial charge in [0, 0.05) is 36.9 Å². The molecule has 0 saturated carbocycles. The highest BCUT2D eigenvalue weighted by Crippen LogP contribution is 2.34. The van der Waals surface area contributed by atoms with Crippen LogP contribution in [-0.2, 0) is 11.3 Å². The number of carbonyl (C=O) groups excluding carboxylic acids is 2. The van der Waals surface area contributed by atoms with E-state index in [0.29, 0.717) is 36.5 Å². The van der Waals surface area contributed by atoms with Gasteiger partial charge in [-0.25, -0.2) is 4.98 Å². The van der Waals surface area contributed by atoms with Crippen LogP contribution in [0.15, 0.2) is 47.6 Å². The Morgan fingerprint density at radius 2 is 1.91 bits per heavy atom. The maximum absolute atomic E-state index is 12.5. The van der Waals surface area contributed by atoms with E-state index >= 15 is 0 Å². The molecule has 0 radical (unpaired) electrons. The molecule has 2 aromatic rings. The van der Waals surface area contributed by atoms with Crippen molar-refractivity contribution >= 4 is 29.3 Å². The van der Waals surface area contributed by atoms with Crippen LogP contribution in [0.2, 0.25) is 0 Å². The highest BCUT2D eigenvalue weighted by molar-refractivity contribution is 8.00. The predicted octanol–water partition coefficient (Wildman–Crippen LogP) is 4.10. The van der Waals surface area contributed by atoms with Gasteiger partial charge in [0.1, 0.15) is 5.03 Å². The Balaban J connectivity index is 1.28. The lowest BCUT2D eigenvalue weighted by molar-refractivity contribution is -0.116. The topological polar surface area (TPSA) is 65.5 Å². The Labute approximate surface area is 194 Å². The van der Waals surface area contributed by atoms with Gasteiger partial charge >= 0.3 is 0 Å². The zero-order chi connectivity index (χ0) is 22.5. The number of fused-ring (bicyclic) bond motifs is 1. The first kappa shape index (κ1) is 22.8. The number of hydrogen-bond acceptors (Lipinski definition) is 5. The molecule has 2 amide bonds. The molecule has 1 aromatic carbocycles. The molecule has 32 heavy (non-hydrogen) atoms. The van der Waals surface area contributed by atoms with Crippen LogP contribution in [0.1, 0.15) is 55.5 Å². The monoisotopic (exact) mass is 452 g/mol. The number of carbonyl (C=O) groups is 2. The lowest BCUT2D eigenvalue weighted by atomic mass is 9.97. The van der Waals surface area contributed by atoms with Gasteiger partial charge in [0.15, 0.2) is 0 Å². The minimum absolute atomic E-state index is 0.0451. The van der Waals surface area contributed by atoms with E-state index < -0.39 is 0 Å². The van der Waals surface area contributed by atoms with Crippen LogP contribution in [0, 0.1) is 0 Å². The minimum atomic E-state index is -0.0451. The first-order valence-electron chi connectivity index (χ1n) is 11.5. The van der Waals surface area contributed by atoms with Crippen molar-refractivity contribution in [1.29, 1.82) is 0 Å². The lowest BCUT2D eigenvalue weighted by Gasteiger charge is -2.39. The van der Waals surface area contributed by atoms with Crippen LogP contribution in [0.25, 0.3) is 0 Å². The van der Waals surface area contributed by atoms with Crippen molar-refractivity contribution in [3.05, 3.63) is 53.7 Å². The summed E-state index contributed by atoms with van der Waals surface area (Å²) in [5.74, 6) is 0.436. The van der Waals surface area contributed by atoms with Crippen LogP contribution >= 0.6 is 11.8 Å². The molecule has 0 aliphatic carbocycles. The van der Waals surface area contributed by atoms with E-state index in [1.54, 1.807) is 11.1 Å². The zero-order valence-corrected chi connectivity index (χ0v) is 19.7. The molecule has 3 heterocycles. The second-order valence-corrected chi connectivity index (χ2v) is 9.73. The first-order chi connectivity index (χ1) is 15.5. The Kier molecular flexibility index (Phi) is 7.48. The van der Waals surface area contributed by atoms with Crippen molar-refractivity contribution in [2.75, 3.05) is 23.7 Å². The van der Waals surface area contributed by atoms with Gasteiger partial charge in [0.25, 0.3) is 5.91 Å². The van der Waals surface area contributed by atoms with Gasteiger partial charge in [-0.2, -0.15) is 0 Å². The lowest BCUT2D eigenvalue weighted by Crippen LogP contribution is -2.44. The van der Waals surface area contributed by atoms with E-state index in [1.165, 1.54) is 31.0 Å². The number of anilines is 1. The number of thioether (sulfide) groups is 1. The van der Waals surface area contributed by atoms with Crippen molar-refractivity contribution in [3.8, 4) is 0 Å². The number of nitrogens with zero attached hydrogens (tertiary/aromatic N) is 3. The number of hydrogen-bond donors (Lipinski definition) is 1. The summed E-state index contributed by atoms with van der Waals surface area (Å²) in [4.78, 5) is 33.7. The summed E-state index contributed by atoms with van der Waals surface area (Å²) in [7, 11) is 0. The second-order valence-electron chi connectivity index (χ2n) is 8.77. The smallest absolute Gasteiger partial charge is 0.251 e. The van der Waals surface area contributed by atoms with Gasteiger partial charge in [0.05, 0.1) is 18.0 Å². The zero-order valence-electron chi connectivity index (χ0n) is 18.9. The maximum Gasteiger partial charge on any atom is 0.251 e. The molecule has 1 saturated heterocycles. The normalized spacial score (nSPS) is 21.3. The van der Waals surface area contributed by atoms with Crippen LogP contribution in [-0.4, -0.2) is 52.6 Å². The number of rotatable bonds is 7. The standard InChI is InChI=1S/C25H32N4O2S/c1-18-6-3-7-19(2)28(18)15-5-14-26-24(31)21-11-9-20(10-12-21)16-29-22-8-4-13-27-25(22)32-17-23(29)30/h4,8-13,18-19H,3,5-7,14-17H2,1-2H3,(H,26,31)/t18-,19-/m1/s1. The summed E-state index contributed by atoms with van der Waals surface area (Å²) >= 11 is 1.48. The number of amides is 2. The summed E-state index contributed by atoms with van der Waals surface area (Å²) < 4.78 is 0. The molecule has 1 aromatic heterocycles. The van der Waals surface area contributed by atoms with Gasteiger partial charge in [-0.3, -0.25) is 14.5 Å². The molecule has 2 aliphatic heterocycles. The van der Waals surface area contributed by atoms with Crippen molar-refractivity contribution in [2.45, 2.75) is 63.2 Å². The molecule has 2 aliphatic rings. The minimum Gasteiger partial charge on any atom is -0.352 e. The molecule has 0 spiro atoms. The quantitative estimate of drug-likeness (QED) is 0.641. The number of piperidine rings is 1. The van der Waals surface area contributed by atoms with E-state index in [9.17, 15) is 9.59 Å². The van der Waals surface area contributed by atoms with E-state index in [4.69, 9.17) is 0 Å². The maximum atomic E-state index is 12.5. The van der Waals surface area contributed by atoms with E-state index in [1.807, 2.05) is 36.4 Å². The third-order valence-electron chi connectivity index (χ3n) is 6.49. The molecular weight excluding hydrogens is 420 g/mol. The van der Waals surface area contributed by atoms with Crippen molar-refractivity contribution in [2.24, 2.45) is 0 Å². The Morgan fingerprint density at radius 1 is 1.16 bits per heavy atom. The number of aromatic nitrogens is 1. The molecule has 0 bridgehead atoms. The Hall–Kier alpha value is -2.38. The molecule has 1 fully saturated rings. The van der Waals surface area contributed by atoms with Gasteiger partial charge in [-0.1, -0.05) is 30.3 Å². The number of pyridine rings is 1. The van der Waals surface area contributed by atoms with Gasteiger partial charge in [-0.05, 0) is 62.9 Å². The average Bonchev–Trinajstić information content (AvgIpc) is 2.80. The molecule has 0 unspecified atom stereocenters. The van der Waals surface area contributed by atoms with Gasteiger partial charge < -0.3 is 10.2 Å². The molecule has 2 atom stereocenters. The number of benzene rings is 1. The fourth-order valence-corrected chi connectivity index (χ4v) is 5.52. The summed E-state index contributed by atoms with van der Waals surface area (Å²) in [5.41, 5.74) is 2.49. The van der Waals surface area contributed by atoms with Crippen LogP contribution in [0.4, 0.5) is 5.69 Å². The van der Waals surface area contributed by atoms with E-state index in [-0.39, 0.29) is 11.8 Å². The van der Waals surface area contributed by atoms with E-state index in [2.05, 4.69) is 29.0 Å². The number of nitrogens with one attached hydrogen (secondary N) is 1. The molecule has 4 rings (SSSR count). The third-order valence-corrected chi connectivity index (χ3v) is 7.47.